The van der Waals surface area contributed by atoms with Gasteiger partial charge < -0.3 is 34.1 Å². The van der Waals surface area contributed by atoms with Gasteiger partial charge in [0.1, 0.15) is 5.82 Å². The molecule has 1 radical (unpaired) electrons. The van der Waals surface area contributed by atoms with Crippen LogP contribution >= 0.6 is 0 Å². The maximum Gasteiger partial charge on any atom is 0.394 e. The summed E-state index contributed by atoms with van der Waals surface area (Å²) in [4.78, 5) is 15.3. The molecule has 0 saturated heterocycles. The number of hydrogen-bond acceptors (Lipinski definition) is 7. The molecule has 5 aromatic rings. The number of aromatic nitrogens is 5. The second kappa shape index (κ2) is 12.9. The third-order valence-electron chi connectivity index (χ3n) is 6.66. The number of hydrogen-bond donors (Lipinski definition) is 0. The Kier molecular flexibility index (Phi) is 9.17. The van der Waals surface area contributed by atoms with Gasteiger partial charge >= 0.3 is 6.18 Å². The van der Waals surface area contributed by atoms with E-state index in [1.807, 2.05) is 6.07 Å². The average Bonchev–Trinajstić information content (AvgIpc) is 3.80. The molecule has 2 aliphatic heterocycles. The summed E-state index contributed by atoms with van der Waals surface area (Å²) in [6, 6.07) is 15.1. The Morgan fingerprint density at radius 3 is 2.07 bits per heavy atom. The number of halogens is 5. The van der Waals surface area contributed by atoms with Gasteiger partial charge in [-0.05, 0) is 58.0 Å². The van der Waals surface area contributed by atoms with Gasteiger partial charge in [-0.25, -0.2) is 0 Å². The van der Waals surface area contributed by atoms with Gasteiger partial charge in [0.15, 0.2) is 0 Å². The van der Waals surface area contributed by atoms with Crippen LogP contribution in [0.2, 0.25) is 0 Å². The number of imidazole rings is 1. The summed E-state index contributed by atoms with van der Waals surface area (Å²) < 4.78 is 68.4. The van der Waals surface area contributed by atoms with Crippen LogP contribution in [0.4, 0.5) is 33.3 Å². The molecule has 0 atom stereocenters. The van der Waals surface area contributed by atoms with Crippen LogP contribution in [0.1, 0.15) is 11.4 Å². The Labute approximate surface area is 274 Å². The van der Waals surface area contributed by atoms with Gasteiger partial charge in [0, 0.05) is 60.8 Å². The van der Waals surface area contributed by atoms with Crippen molar-refractivity contribution in [3.8, 4) is 22.9 Å². The third-order valence-corrected chi connectivity index (χ3v) is 6.66. The maximum atomic E-state index is 14.1. The van der Waals surface area contributed by atoms with Crippen LogP contribution in [0.25, 0.3) is 28.4 Å². The monoisotopic (exact) mass is 809 g/mol. The van der Waals surface area contributed by atoms with Crippen molar-refractivity contribution in [1.82, 2.24) is 34.4 Å². The number of anilines is 2. The van der Waals surface area contributed by atoms with E-state index in [0.29, 0.717) is 40.1 Å². The standard InChI is InChI=1S/C16H9F2N5.C15H14F3N4.Ir/c1-9-19-15(22-21-9)16-20-14(13-4-2-3-7-23(13)16)11-6-5-10(17)8-12(11)18;1-19-3-5-21(10-19)13-7-12(15(16,17)18)8-14(9-13)22-6-4-20(2)11-22;/h2-5,7-8H,1H3;3-8,10-11H,1-2H3;/q-2;-3;. The molecule has 2 aliphatic rings. The van der Waals surface area contributed by atoms with Crippen molar-refractivity contribution in [3.63, 3.8) is 0 Å². The first-order valence-electron chi connectivity index (χ1n) is 13.4. The Morgan fingerprint density at radius 1 is 0.891 bits per heavy atom. The molecule has 0 amide bonds. The second-order valence-electron chi connectivity index (χ2n) is 10.1. The number of rotatable bonds is 4. The van der Waals surface area contributed by atoms with Crippen molar-refractivity contribution in [3.05, 3.63) is 122 Å². The number of benzene rings is 2. The molecule has 0 bridgehead atoms. The van der Waals surface area contributed by atoms with Crippen molar-refractivity contribution in [2.75, 3.05) is 23.9 Å². The van der Waals surface area contributed by atoms with Crippen LogP contribution in [0.3, 0.4) is 0 Å². The molecular formula is C31H23F5IrN9-5. The van der Waals surface area contributed by atoms with E-state index in [2.05, 4.69) is 32.3 Å². The summed E-state index contributed by atoms with van der Waals surface area (Å²) in [7, 11) is 3.61. The van der Waals surface area contributed by atoms with E-state index in [9.17, 15) is 22.0 Å². The van der Waals surface area contributed by atoms with Crippen molar-refractivity contribution in [2.45, 2.75) is 13.1 Å². The molecule has 0 fully saturated rings. The van der Waals surface area contributed by atoms with E-state index in [4.69, 9.17) is 0 Å². The van der Waals surface area contributed by atoms with Crippen molar-refractivity contribution in [1.29, 1.82) is 0 Å². The van der Waals surface area contributed by atoms with Gasteiger partial charge in [-0.2, -0.15) is 26.5 Å². The van der Waals surface area contributed by atoms with Crippen molar-refractivity contribution >= 4 is 16.9 Å². The summed E-state index contributed by atoms with van der Waals surface area (Å²) in [6.45, 7) is 5.09. The molecule has 241 valence electrons. The van der Waals surface area contributed by atoms with Crippen LogP contribution < -0.4 is 14.9 Å². The minimum atomic E-state index is -4.41. The molecule has 15 heteroatoms. The van der Waals surface area contributed by atoms with Gasteiger partial charge in [0.05, 0.1) is 0 Å². The Hall–Kier alpha value is -4.75. The van der Waals surface area contributed by atoms with Crippen LogP contribution in [0.15, 0.2) is 73.5 Å². The van der Waals surface area contributed by atoms with Gasteiger partial charge in [-0.1, -0.05) is 23.3 Å². The smallest absolute Gasteiger partial charge is 0.394 e. The molecule has 5 heterocycles. The number of aryl methyl sites for hydroxylation is 1. The van der Waals surface area contributed by atoms with E-state index in [1.165, 1.54) is 0 Å². The molecule has 0 saturated carbocycles. The largest absolute Gasteiger partial charge is 0.510 e. The molecule has 0 unspecified atom stereocenters. The van der Waals surface area contributed by atoms with E-state index in [0.717, 1.165) is 24.3 Å². The summed E-state index contributed by atoms with van der Waals surface area (Å²) in [5, 5.41) is 7.84. The zero-order valence-electron chi connectivity index (χ0n) is 24.3. The average molecular weight is 809 g/mol. The summed E-state index contributed by atoms with van der Waals surface area (Å²) in [5.74, 6) is -0.105. The van der Waals surface area contributed by atoms with Crippen LogP contribution in [0, 0.1) is 44.0 Å². The van der Waals surface area contributed by atoms with Crippen molar-refractivity contribution in [2.24, 2.45) is 0 Å². The molecule has 0 N–H and O–H groups in total. The van der Waals surface area contributed by atoms with Gasteiger partial charge in [0.25, 0.3) is 0 Å². The van der Waals surface area contributed by atoms with Gasteiger partial charge in [-0.15, -0.1) is 41.7 Å². The van der Waals surface area contributed by atoms with Gasteiger partial charge in [0.2, 0.25) is 0 Å². The molecule has 9 nitrogen and oxygen atoms in total. The van der Waals surface area contributed by atoms with Crippen molar-refractivity contribution < 1.29 is 42.1 Å². The van der Waals surface area contributed by atoms with Crippen LogP contribution in [-0.2, 0) is 26.3 Å². The minimum Gasteiger partial charge on any atom is -0.510 e. The number of nitrogens with zero attached hydrogens (tertiary/aromatic N) is 9. The fourth-order valence-corrected chi connectivity index (χ4v) is 4.59. The zero-order chi connectivity index (χ0) is 31.9. The van der Waals surface area contributed by atoms with E-state index >= 15 is 0 Å². The number of fused-ring (bicyclic) bond motifs is 1. The molecule has 2 aromatic carbocycles. The zero-order valence-corrected chi connectivity index (χ0v) is 26.7. The second-order valence-corrected chi connectivity index (χ2v) is 10.1. The predicted molar refractivity (Wildman–Crippen MR) is 156 cm³/mol. The third kappa shape index (κ3) is 6.75. The molecular weight excluding hydrogens is 786 g/mol. The maximum absolute atomic E-state index is 14.1. The van der Waals surface area contributed by atoms with Gasteiger partial charge in [-0.3, -0.25) is 18.9 Å². The Morgan fingerprint density at radius 2 is 1.54 bits per heavy atom. The molecule has 0 spiro atoms. The normalized spacial score (nSPS) is 14.3. The molecule has 46 heavy (non-hydrogen) atoms. The van der Waals surface area contributed by atoms with E-state index in [-0.39, 0.29) is 25.7 Å². The van der Waals surface area contributed by atoms with E-state index in [1.54, 1.807) is 101 Å². The number of alkyl halides is 3. The Balaban J connectivity index is 0.000000178. The minimum absolute atomic E-state index is 0. The SMILES string of the molecule is CN1C=CN(c2[c-]c(N3C=CN(C)[CH-]3)cc(C(F)(F)F)c2)[CH-]1.Cc1n[n-]c(-c2nc(-c3[c-]cc(F)cc3F)c3ccccn23)n1.[Ir]. The molecule has 7 rings (SSSR count). The summed E-state index contributed by atoms with van der Waals surface area (Å²) in [5.41, 5.74) is 1.05. The first-order chi connectivity index (χ1) is 21.5. The first-order valence-corrected chi connectivity index (χ1v) is 13.4. The Bertz CT molecular complexity index is 1870. The summed E-state index contributed by atoms with van der Waals surface area (Å²) in [6.07, 6.45) is 4.24. The fourth-order valence-electron chi connectivity index (χ4n) is 4.59. The van der Waals surface area contributed by atoms with E-state index < -0.39 is 23.4 Å². The topological polar surface area (TPSA) is 70.1 Å². The predicted octanol–water partition coefficient (Wildman–Crippen LogP) is 5.99. The first kappa shape index (κ1) is 32.6. The fraction of sp³-hybridized carbons (Fsp3) is 0.129. The van der Waals surface area contributed by atoms with Crippen LogP contribution in [-0.4, -0.2) is 43.4 Å². The quantitative estimate of drug-likeness (QED) is 0.162. The number of pyridine rings is 1. The van der Waals surface area contributed by atoms with Crippen LogP contribution in [0.5, 0.6) is 0 Å². The summed E-state index contributed by atoms with van der Waals surface area (Å²) >= 11 is 0. The molecule has 3 aromatic heterocycles. The molecule has 0 aliphatic carbocycles.